The number of benzene rings is 1. The number of carbonyl (C=O) groups excluding carboxylic acids is 1. The van der Waals surface area contributed by atoms with E-state index in [0.29, 0.717) is 46.8 Å². The molecule has 0 saturated heterocycles. The average Bonchev–Trinajstić information content (AvgIpc) is 3.45. The summed E-state index contributed by atoms with van der Waals surface area (Å²) in [5.41, 5.74) is 3.08. The van der Waals surface area contributed by atoms with Crippen LogP contribution in [0.4, 0.5) is 0 Å². The van der Waals surface area contributed by atoms with Gasteiger partial charge in [0.25, 0.3) is 11.5 Å². The molecule has 0 radical (unpaired) electrons. The molecule has 182 valence electrons. The van der Waals surface area contributed by atoms with E-state index in [1.54, 1.807) is 47.0 Å². The third-order valence-corrected chi connectivity index (χ3v) is 6.26. The average molecular weight is 513 g/mol. The molecule has 0 aliphatic heterocycles. The third kappa shape index (κ3) is 6.88. The van der Waals surface area contributed by atoms with Gasteiger partial charge in [-0.1, -0.05) is 53.7 Å². The van der Waals surface area contributed by atoms with Gasteiger partial charge < -0.3 is 19.0 Å². The van der Waals surface area contributed by atoms with Crippen LogP contribution in [0.15, 0.2) is 81.5 Å². The number of methoxy groups -OCH3 is 1. The molecule has 35 heavy (non-hydrogen) atoms. The zero-order valence-corrected chi connectivity index (χ0v) is 20.7. The Kier molecular flexibility index (Phi) is 8.46. The van der Waals surface area contributed by atoms with Crippen LogP contribution >= 0.6 is 23.4 Å². The highest BCUT2D eigenvalue weighted by Crippen LogP contribution is 2.23. The van der Waals surface area contributed by atoms with Gasteiger partial charge in [0.2, 0.25) is 0 Å². The highest BCUT2D eigenvalue weighted by molar-refractivity contribution is 7.99. The molecule has 8 nitrogen and oxygen atoms in total. The number of thioether (sulfide) groups is 1. The van der Waals surface area contributed by atoms with Crippen LogP contribution in [0.1, 0.15) is 27.2 Å². The Labute approximate surface area is 211 Å². The quantitative estimate of drug-likeness (QED) is 0.241. The monoisotopic (exact) mass is 512 g/mol. The smallest absolute Gasteiger partial charge is 0.254 e. The Bertz CT molecular complexity index is 1330. The topological polar surface area (TPSA) is 91.3 Å². The summed E-state index contributed by atoms with van der Waals surface area (Å²) in [5.74, 6) is 0.440. The third-order valence-electron chi connectivity index (χ3n) is 5.16. The summed E-state index contributed by atoms with van der Waals surface area (Å²) in [6.07, 6.45) is 4.99. The highest BCUT2D eigenvalue weighted by atomic mass is 35.5. The molecule has 1 N–H and O–H groups in total. The number of amides is 1. The molecule has 0 fully saturated rings. The number of ether oxygens (including phenoxy) is 1. The molecule has 3 aromatic heterocycles. The Hall–Kier alpha value is -3.27. The molecule has 0 bridgehead atoms. The second-order valence-electron chi connectivity index (χ2n) is 7.79. The van der Waals surface area contributed by atoms with Gasteiger partial charge in [-0.2, -0.15) is 5.10 Å². The number of halogens is 1. The number of furan rings is 1. The van der Waals surface area contributed by atoms with E-state index in [-0.39, 0.29) is 18.1 Å². The number of hydrogen-bond acceptors (Lipinski definition) is 6. The van der Waals surface area contributed by atoms with Gasteiger partial charge in [-0.3, -0.25) is 14.3 Å². The summed E-state index contributed by atoms with van der Waals surface area (Å²) in [6.45, 7) is 1.71. The lowest BCUT2D eigenvalue weighted by atomic mass is 10.1. The van der Waals surface area contributed by atoms with Crippen molar-refractivity contribution in [1.29, 1.82) is 0 Å². The predicted octanol–water partition coefficient (Wildman–Crippen LogP) is 4.06. The first-order valence-corrected chi connectivity index (χ1v) is 12.3. The molecule has 0 unspecified atom stereocenters. The number of pyridine rings is 1. The lowest BCUT2D eigenvalue weighted by molar-refractivity contribution is 0.0951. The van der Waals surface area contributed by atoms with E-state index in [1.165, 1.54) is 18.0 Å². The van der Waals surface area contributed by atoms with Crippen molar-refractivity contribution in [2.45, 2.75) is 24.8 Å². The highest BCUT2D eigenvalue weighted by Gasteiger charge is 2.16. The van der Waals surface area contributed by atoms with E-state index in [0.717, 1.165) is 11.1 Å². The van der Waals surface area contributed by atoms with Gasteiger partial charge in [-0.25, -0.2) is 0 Å². The van der Waals surface area contributed by atoms with Crippen molar-refractivity contribution in [3.8, 4) is 0 Å². The maximum atomic E-state index is 12.8. The summed E-state index contributed by atoms with van der Waals surface area (Å²) in [6, 6.07) is 14.8. The fourth-order valence-corrected chi connectivity index (χ4v) is 4.42. The van der Waals surface area contributed by atoms with E-state index in [9.17, 15) is 9.59 Å². The van der Waals surface area contributed by atoms with E-state index >= 15 is 0 Å². The largest absolute Gasteiger partial charge is 0.457 e. The fourth-order valence-electron chi connectivity index (χ4n) is 3.48. The lowest BCUT2D eigenvalue weighted by Gasteiger charge is -2.07. The van der Waals surface area contributed by atoms with Gasteiger partial charge in [-0.05, 0) is 17.2 Å². The molecule has 3 heterocycles. The van der Waals surface area contributed by atoms with Crippen molar-refractivity contribution >= 4 is 29.3 Å². The van der Waals surface area contributed by atoms with Crippen LogP contribution in [0.5, 0.6) is 0 Å². The van der Waals surface area contributed by atoms with Crippen molar-refractivity contribution in [2.24, 2.45) is 0 Å². The molecule has 0 saturated carbocycles. The van der Waals surface area contributed by atoms with Crippen molar-refractivity contribution < 1.29 is 13.9 Å². The second-order valence-corrected chi connectivity index (χ2v) is 9.33. The van der Waals surface area contributed by atoms with Crippen LogP contribution in [-0.4, -0.2) is 39.7 Å². The summed E-state index contributed by atoms with van der Waals surface area (Å²) < 4.78 is 13.9. The lowest BCUT2D eigenvalue weighted by Crippen LogP contribution is -2.26. The summed E-state index contributed by atoms with van der Waals surface area (Å²) >= 11 is 7.32. The van der Waals surface area contributed by atoms with Crippen LogP contribution in [0.25, 0.3) is 0 Å². The van der Waals surface area contributed by atoms with Crippen molar-refractivity contribution in [3.63, 3.8) is 0 Å². The molecule has 1 amide bonds. The van der Waals surface area contributed by atoms with Gasteiger partial charge in [0.15, 0.2) is 5.09 Å². The summed E-state index contributed by atoms with van der Waals surface area (Å²) in [4.78, 5) is 24.7. The molecule has 4 rings (SSSR count). The van der Waals surface area contributed by atoms with Crippen molar-refractivity contribution in [1.82, 2.24) is 19.7 Å². The van der Waals surface area contributed by atoms with Gasteiger partial charge in [-0.15, -0.1) is 0 Å². The second kappa shape index (κ2) is 11.9. The molecule has 0 aliphatic rings. The Balaban J connectivity index is 1.36. The molecule has 4 aromatic rings. The van der Waals surface area contributed by atoms with Crippen LogP contribution in [0, 0.1) is 0 Å². The molecular formula is C25H25ClN4O4S. The Morgan fingerprint density at radius 2 is 1.94 bits per heavy atom. The Morgan fingerprint density at radius 1 is 1.17 bits per heavy atom. The minimum atomic E-state index is -0.204. The van der Waals surface area contributed by atoms with E-state index in [2.05, 4.69) is 10.4 Å². The molecule has 0 spiro atoms. The standard InChI is InChI=1S/C25H25ClN4O4S/c1-33-17-22-21(25(32)27-9-11-35-24-12-20(26)16-34-24)15-30(28-22)14-19-7-5-18(6-8-19)13-29-10-3-2-4-23(29)31/h2-8,10,12,15-16H,9,11,13-14,17H2,1H3,(H,27,32). The fraction of sp³-hybridized carbons (Fsp3) is 0.240. The zero-order valence-electron chi connectivity index (χ0n) is 19.1. The number of rotatable bonds is 11. The van der Waals surface area contributed by atoms with Crippen LogP contribution in [-0.2, 0) is 24.4 Å². The van der Waals surface area contributed by atoms with Crippen molar-refractivity contribution in [2.75, 3.05) is 19.4 Å². The first kappa shape index (κ1) is 24.8. The predicted molar refractivity (Wildman–Crippen MR) is 135 cm³/mol. The number of aromatic nitrogens is 3. The minimum absolute atomic E-state index is 0.0337. The SMILES string of the molecule is COCc1nn(Cc2ccc(Cn3ccccc3=O)cc2)cc1C(=O)NCCSc1cc(Cl)co1. The summed E-state index contributed by atoms with van der Waals surface area (Å²) in [7, 11) is 1.57. The van der Waals surface area contributed by atoms with Gasteiger partial charge in [0, 0.05) is 43.9 Å². The first-order chi connectivity index (χ1) is 17.0. The van der Waals surface area contributed by atoms with E-state index in [4.69, 9.17) is 20.8 Å². The maximum absolute atomic E-state index is 12.8. The van der Waals surface area contributed by atoms with Crippen molar-refractivity contribution in [3.05, 3.63) is 105 Å². The van der Waals surface area contributed by atoms with E-state index < -0.39 is 0 Å². The number of nitrogens with one attached hydrogen (secondary N) is 1. The van der Waals surface area contributed by atoms with Crippen LogP contribution in [0.3, 0.4) is 0 Å². The molecule has 10 heteroatoms. The normalized spacial score (nSPS) is 11.0. The first-order valence-electron chi connectivity index (χ1n) is 11.0. The molecule has 1 aromatic carbocycles. The van der Waals surface area contributed by atoms with Crippen LogP contribution in [0.2, 0.25) is 5.02 Å². The van der Waals surface area contributed by atoms with Gasteiger partial charge >= 0.3 is 0 Å². The molecule has 0 atom stereocenters. The molecule has 0 aliphatic carbocycles. The zero-order chi connectivity index (χ0) is 24.6. The van der Waals surface area contributed by atoms with Gasteiger partial charge in [0.1, 0.15) is 12.0 Å². The molecular weight excluding hydrogens is 488 g/mol. The van der Waals surface area contributed by atoms with Gasteiger partial charge in [0.05, 0.1) is 30.3 Å². The van der Waals surface area contributed by atoms with Crippen LogP contribution < -0.4 is 10.9 Å². The number of hydrogen-bond donors (Lipinski definition) is 1. The minimum Gasteiger partial charge on any atom is -0.457 e. The summed E-state index contributed by atoms with van der Waals surface area (Å²) in [5, 5.41) is 8.72. The maximum Gasteiger partial charge on any atom is 0.254 e. The number of carbonyl (C=O) groups is 1. The van der Waals surface area contributed by atoms with E-state index in [1.807, 2.05) is 30.3 Å². The Morgan fingerprint density at radius 3 is 2.63 bits per heavy atom. The number of nitrogens with zero attached hydrogens (tertiary/aromatic N) is 3.